The van der Waals surface area contributed by atoms with Crippen molar-refractivity contribution in [2.24, 2.45) is 0 Å². The summed E-state index contributed by atoms with van der Waals surface area (Å²) in [6.07, 6.45) is 13.8. The Kier molecular flexibility index (Phi) is 15.1. The number of piperidine rings is 3. The highest BCUT2D eigenvalue weighted by atomic mass is 16.6. The summed E-state index contributed by atoms with van der Waals surface area (Å²) < 4.78 is 9.61. The van der Waals surface area contributed by atoms with Crippen LogP contribution in [0.5, 0.6) is 0 Å². The van der Waals surface area contributed by atoms with E-state index >= 15 is 0 Å². The van der Waals surface area contributed by atoms with Crippen LogP contribution in [0.25, 0.3) is 0 Å². The number of nitrogens with zero attached hydrogens (tertiary/aromatic N) is 7. The molecule has 3 unspecified atom stereocenters. The molecule has 2 aromatic heterocycles. The van der Waals surface area contributed by atoms with Crippen LogP contribution in [0.2, 0.25) is 0 Å². The number of epoxide rings is 1. The van der Waals surface area contributed by atoms with E-state index in [1.54, 1.807) is 0 Å². The molecule has 3 atom stereocenters. The average molecular weight is 790 g/mol. The Bertz CT molecular complexity index is 1930. The first-order chi connectivity index (χ1) is 27.6. The van der Waals surface area contributed by atoms with Gasteiger partial charge in [0.1, 0.15) is 5.60 Å². The molecule has 0 amide bonds. The van der Waals surface area contributed by atoms with Gasteiger partial charge in [0.05, 0.1) is 49.2 Å². The molecular formula is C48H67N7O3. The Morgan fingerprint density at radius 3 is 1.52 bits per heavy atom. The lowest BCUT2D eigenvalue weighted by Gasteiger charge is -2.39. The summed E-state index contributed by atoms with van der Waals surface area (Å²) in [5.41, 5.74) is 5.07. The molecule has 1 spiro atoms. The van der Waals surface area contributed by atoms with Crippen LogP contribution in [-0.2, 0) is 37.5 Å². The van der Waals surface area contributed by atoms with Crippen LogP contribution in [0.15, 0.2) is 116 Å². The topological polar surface area (TPSA) is 98.3 Å². The molecule has 10 nitrogen and oxygen atoms in total. The van der Waals surface area contributed by atoms with Crippen molar-refractivity contribution in [3.8, 4) is 0 Å². The highest BCUT2D eigenvalue weighted by Gasteiger charge is 2.47. The Hall–Kier alpha value is -4.16. The van der Waals surface area contributed by atoms with E-state index in [-0.39, 0.29) is 13.0 Å². The minimum absolute atomic E-state index is 0. The van der Waals surface area contributed by atoms with Gasteiger partial charge in [0.2, 0.25) is 0 Å². The van der Waals surface area contributed by atoms with Crippen molar-refractivity contribution >= 4 is 0 Å². The summed E-state index contributed by atoms with van der Waals surface area (Å²) in [5, 5.41) is 21.8. The van der Waals surface area contributed by atoms with Crippen LogP contribution in [0.4, 0.5) is 0 Å². The molecule has 6 heterocycles. The van der Waals surface area contributed by atoms with Crippen molar-refractivity contribution in [1.29, 1.82) is 0 Å². The molecule has 0 bridgehead atoms. The maximum Gasteiger partial charge on any atom is 0.104 e. The molecule has 0 aliphatic carbocycles. The van der Waals surface area contributed by atoms with Gasteiger partial charge in [-0.15, -0.1) is 0 Å². The van der Waals surface area contributed by atoms with Gasteiger partial charge in [0, 0.05) is 57.4 Å². The fourth-order valence-corrected chi connectivity index (χ4v) is 8.90. The van der Waals surface area contributed by atoms with E-state index in [4.69, 9.17) is 4.74 Å². The Morgan fingerprint density at radius 1 is 0.621 bits per heavy atom. The van der Waals surface area contributed by atoms with Crippen LogP contribution < -0.4 is 0 Å². The molecule has 9 rings (SSSR count). The van der Waals surface area contributed by atoms with Gasteiger partial charge >= 0.3 is 0 Å². The van der Waals surface area contributed by atoms with Gasteiger partial charge in [-0.2, -0.15) is 0 Å². The van der Waals surface area contributed by atoms with E-state index in [9.17, 15) is 10.2 Å². The monoisotopic (exact) mass is 790 g/mol. The summed E-state index contributed by atoms with van der Waals surface area (Å²) in [7, 11) is 0. The van der Waals surface area contributed by atoms with E-state index in [1.807, 2.05) is 60.2 Å². The molecule has 3 aromatic carbocycles. The predicted molar refractivity (Wildman–Crippen MR) is 232 cm³/mol. The molecule has 0 saturated carbocycles. The molecule has 0 radical (unpaired) electrons. The first-order valence-electron chi connectivity index (χ1n) is 21.0. The van der Waals surface area contributed by atoms with E-state index in [0.29, 0.717) is 13.1 Å². The zero-order chi connectivity index (χ0) is 39.6. The second-order valence-electron chi connectivity index (χ2n) is 17.2. The fourth-order valence-electron chi connectivity index (χ4n) is 8.90. The van der Waals surface area contributed by atoms with Crippen LogP contribution in [-0.4, -0.2) is 107 Å². The molecule has 4 aliphatic rings. The van der Waals surface area contributed by atoms with Crippen LogP contribution in [0.1, 0.15) is 74.0 Å². The SMILES string of the molecule is C.Cc1cn(CC2(O)CCCN(Cc3ccccc3)C2)cn1.Cc1cncn1CC1(O)CCCN(Cc2ccccc2)C1.c1ccc(CN2CCCC3(CO3)C2)cc1. The molecule has 58 heavy (non-hydrogen) atoms. The largest absolute Gasteiger partial charge is 0.387 e. The van der Waals surface area contributed by atoms with Gasteiger partial charge in [-0.25, -0.2) is 9.97 Å². The van der Waals surface area contributed by atoms with Gasteiger partial charge in [-0.05, 0) is 88.7 Å². The van der Waals surface area contributed by atoms with Gasteiger partial charge in [-0.3, -0.25) is 14.7 Å². The van der Waals surface area contributed by atoms with E-state index in [2.05, 4.69) is 104 Å². The molecule has 4 fully saturated rings. The number of likely N-dealkylation sites (tertiary alicyclic amines) is 3. The first kappa shape index (κ1) is 43.4. The van der Waals surface area contributed by atoms with Crippen molar-refractivity contribution in [3.05, 3.63) is 144 Å². The Morgan fingerprint density at radius 2 is 1.09 bits per heavy atom. The second-order valence-corrected chi connectivity index (χ2v) is 17.2. The third kappa shape index (κ3) is 12.9. The second kappa shape index (κ2) is 20.2. The van der Waals surface area contributed by atoms with E-state index in [1.165, 1.54) is 36.1 Å². The number of aryl methyl sites for hydroxylation is 2. The third-order valence-corrected chi connectivity index (χ3v) is 11.8. The number of β-amino-alcohol motifs (C(OH)–C–C–N with tert-alkyl or cyclic N) is 2. The fraction of sp³-hybridized carbons (Fsp3) is 0.500. The van der Waals surface area contributed by atoms with Crippen molar-refractivity contribution in [2.45, 2.75) is 109 Å². The number of benzene rings is 3. The molecule has 5 aromatic rings. The number of ether oxygens (including phenoxy) is 1. The molecular weight excluding hydrogens is 723 g/mol. The number of imidazole rings is 2. The van der Waals surface area contributed by atoms with Crippen molar-refractivity contribution in [2.75, 3.05) is 45.9 Å². The van der Waals surface area contributed by atoms with Crippen molar-refractivity contribution in [3.63, 3.8) is 0 Å². The highest BCUT2D eigenvalue weighted by Crippen LogP contribution is 2.36. The third-order valence-electron chi connectivity index (χ3n) is 11.8. The Labute approximate surface area is 347 Å². The first-order valence-corrected chi connectivity index (χ1v) is 21.0. The van der Waals surface area contributed by atoms with Gasteiger partial charge in [0.15, 0.2) is 0 Å². The van der Waals surface area contributed by atoms with Crippen LogP contribution >= 0.6 is 0 Å². The van der Waals surface area contributed by atoms with Crippen LogP contribution in [0.3, 0.4) is 0 Å². The molecule has 4 aliphatic heterocycles. The minimum Gasteiger partial charge on any atom is -0.387 e. The standard InChI is InChI=1S/2C17H23N3O.C13H17NO.CH4/c1-15-10-20(14-18-15)13-17(21)8-5-9-19(12-17)11-16-6-3-2-4-7-16;1-15-10-18-14-20(15)13-17(21)8-5-9-19(12-17)11-16-6-3-2-4-7-16;1-2-5-12(6-3-1)9-14-8-4-7-13(10-14)11-15-13;/h2*2-4,6-7,10,14,21H,5,8-9,11-13H2,1H3;1-3,5-6H,4,7-11H2;1H4. The molecule has 10 heteroatoms. The lowest BCUT2D eigenvalue weighted by atomic mass is 9.92. The highest BCUT2D eigenvalue weighted by molar-refractivity contribution is 5.17. The smallest absolute Gasteiger partial charge is 0.104 e. The predicted octanol–water partition coefficient (Wildman–Crippen LogP) is 7.12. The number of hydrogen-bond donors (Lipinski definition) is 2. The Balaban J connectivity index is 0.000000147. The number of aromatic nitrogens is 4. The molecule has 312 valence electrons. The summed E-state index contributed by atoms with van der Waals surface area (Å²) in [5.74, 6) is 0. The van der Waals surface area contributed by atoms with Gasteiger partial charge in [0.25, 0.3) is 0 Å². The lowest BCUT2D eigenvalue weighted by molar-refractivity contribution is -0.0459. The lowest BCUT2D eigenvalue weighted by Crippen LogP contribution is -2.50. The quantitative estimate of drug-likeness (QED) is 0.145. The van der Waals surface area contributed by atoms with E-state index in [0.717, 1.165) is 96.0 Å². The maximum absolute atomic E-state index is 10.9. The number of aliphatic hydroxyl groups is 2. The van der Waals surface area contributed by atoms with E-state index < -0.39 is 11.2 Å². The minimum atomic E-state index is -0.654. The molecule has 4 saturated heterocycles. The van der Waals surface area contributed by atoms with Crippen molar-refractivity contribution in [1.82, 2.24) is 33.8 Å². The number of rotatable bonds is 10. The zero-order valence-electron chi connectivity index (χ0n) is 34.1. The normalized spacial score (nSPS) is 24.8. The average Bonchev–Trinajstić information content (AvgIpc) is 3.61. The molecule has 2 N–H and O–H groups in total. The maximum atomic E-state index is 10.9. The summed E-state index contributed by atoms with van der Waals surface area (Å²) in [6.45, 7) is 15.0. The van der Waals surface area contributed by atoms with Gasteiger partial charge in [-0.1, -0.05) is 98.4 Å². The zero-order valence-corrected chi connectivity index (χ0v) is 34.1. The summed E-state index contributed by atoms with van der Waals surface area (Å²) in [6, 6.07) is 31.6. The van der Waals surface area contributed by atoms with Crippen LogP contribution in [0, 0.1) is 13.8 Å². The van der Waals surface area contributed by atoms with Crippen molar-refractivity contribution < 1.29 is 14.9 Å². The summed E-state index contributed by atoms with van der Waals surface area (Å²) >= 11 is 0. The number of hydrogen-bond acceptors (Lipinski definition) is 8. The summed E-state index contributed by atoms with van der Waals surface area (Å²) in [4.78, 5) is 15.6. The van der Waals surface area contributed by atoms with Gasteiger partial charge < -0.3 is 24.1 Å².